The lowest BCUT2D eigenvalue weighted by Crippen LogP contribution is -2.44. The van der Waals surface area contributed by atoms with Gasteiger partial charge in [0.15, 0.2) is 5.69 Å². The van der Waals surface area contributed by atoms with Gasteiger partial charge in [0.1, 0.15) is 6.10 Å². The van der Waals surface area contributed by atoms with Crippen molar-refractivity contribution >= 4 is 17.5 Å². The fraction of sp³-hybridized carbons (Fsp3) is 0.462. The topological polar surface area (TPSA) is 86.0 Å². The van der Waals surface area contributed by atoms with Crippen LogP contribution in [0, 0.1) is 0 Å². The molecule has 1 unspecified atom stereocenters. The molecule has 0 aromatic carbocycles. The molecule has 0 bridgehead atoms. The Hall–Kier alpha value is -2.22. The van der Waals surface area contributed by atoms with Crippen molar-refractivity contribution in [3.05, 3.63) is 29.3 Å². The van der Waals surface area contributed by atoms with Crippen LogP contribution in [-0.4, -0.2) is 55.0 Å². The molecule has 0 N–H and O–H groups in total. The first-order valence-corrected chi connectivity index (χ1v) is 7.29. The molecule has 0 aliphatic carbocycles. The van der Waals surface area contributed by atoms with Crippen LogP contribution in [0.3, 0.4) is 0 Å². The molecule has 9 heteroatoms. The number of aryl methyl sites for hydroxylation is 1. The smallest absolute Gasteiger partial charge is 0.316 e. The molecule has 22 heavy (non-hydrogen) atoms. The lowest BCUT2D eigenvalue weighted by molar-refractivity contribution is 0.0510. The average Bonchev–Trinajstić information content (AvgIpc) is 2.96. The van der Waals surface area contributed by atoms with Crippen LogP contribution >= 0.6 is 11.6 Å². The zero-order valence-electron chi connectivity index (χ0n) is 12.0. The Kier molecular flexibility index (Phi) is 4.19. The van der Waals surface area contributed by atoms with Crippen molar-refractivity contribution in [2.45, 2.75) is 18.9 Å². The van der Waals surface area contributed by atoms with Crippen molar-refractivity contribution in [1.29, 1.82) is 0 Å². The molecular weight excluding hydrogens is 308 g/mol. The number of carbonyl (C=O) groups excluding carboxylic acids is 1. The Bertz CT molecular complexity index is 659. The fourth-order valence-corrected chi connectivity index (χ4v) is 2.43. The Morgan fingerprint density at radius 2 is 2.18 bits per heavy atom. The molecule has 2 aromatic rings. The summed E-state index contributed by atoms with van der Waals surface area (Å²) < 4.78 is 7.22. The molecular formula is C13H15ClN6O2. The van der Waals surface area contributed by atoms with E-state index in [1.54, 1.807) is 18.1 Å². The summed E-state index contributed by atoms with van der Waals surface area (Å²) in [6, 6.07) is 0.267. The molecule has 0 radical (unpaired) electrons. The number of amides is 1. The minimum atomic E-state index is -0.143. The van der Waals surface area contributed by atoms with Gasteiger partial charge in [-0.15, -0.1) is 5.10 Å². The third kappa shape index (κ3) is 3.33. The van der Waals surface area contributed by atoms with Crippen LogP contribution in [0.25, 0.3) is 0 Å². The van der Waals surface area contributed by atoms with Gasteiger partial charge < -0.3 is 9.64 Å². The van der Waals surface area contributed by atoms with Crippen LogP contribution in [0.15, 0.2) is 18.6 Å². The van der Waals surface area contributed by atoms with Gasteiger partial charge in [-0.1, -0.05) is 16.8 Å². The molecule has 2 aromatic heterocycles. The van der Waals surface area contributed by atoms with Crippen LogP contribution in [0.4, 0.5) is 0 Å². The fourth-order valence-electron chi connectivity index (χ4n) is 2.34. The molecule has 1 aliphatic heterocycles. The first kappa shape index (κ1) is 14.7. The molecule has 0 spiro atoms. The summed E-state index contributed by atoms with van der Waals surface area (Å²) in [6.45, 7) is 1.15. The summed E-state index contributed by atoms with van der Waals surface area (Å²) in [5.74, 6) is -0.140. The van der Waals surface area contributed by atoms with Gasteiger partial charge >= 0.3 is 6.01 Å². The number of halogens is 1. The Morgan fingerprint density at radius 3 is 2.86 bits per heavy atom. The summed E-state index contributed by atoms with van der Waals surface area (Å²) in [5.41, 5.74) is 0.339. The number of hydrogen-bond donors (Lipinski definition) is 0. The first-order valence-electron chi connectivity index (χ1n) is 6.91. The lowest BCUT2D eigenvalue weighted by Gasteiger charge is -2.31. The van der Waals surface area contributed by atoms with Crippen LogP contribution < -0.4 is 4.74 Å². The van der Waals surface area contributed by atoms with Gasteiger partial charge in [-0.25, -0.2) is 9.97 Å². The highest BCUT2D eigenvalue weighted by atomic mass is 35.5. The predicted octanol–water partition coefficient (Wildman–Crippen LogP) is 0.942. The van der Waals surface area contributed by atoms with Crippen molar-refractivity contribution in [1.82, 2.24) is 29.9 Å². The van der Waals surface area contributed by atoms with E-state index in [0.717, 1.165) is 12.8 Å². The molecule has 1 fully saturated rings. The van der Waals surface area contributed by atoms with Crippen LogP contribution in [0.2, 0.25) is 5.02 Å². The molecule has 1 amide bonds. The van der Waals surface area contributed by atoms with E-state index in [-0.39, 0.29) is 18.0 Å². The van der Waals surface area contributed by atoms with Gasteiger partial charge in [-0.05, 0) is 12.8 Å². The van der Waals surface area contributed by atoms with E-state index >= 15 is 0 Å². The van der Waals surface area contributed by atoms with Gasteiger partial charge in [0.05, 0.1) is 30.2 Å². The second-order valence-electron chi connectivity index (χ2n) is 5.09. The van der Waals surface area contributed by atoms with E-state index in [9.17, 15) is 4.79 Å². The highest BCUT2D eigenvalue weighted by molar-refractivity contribution is 6.30. The highest BCUT2D eigenvalue weighted by Crippen LogP contribution is 2.17. The zero-order chi connectivity index (χ0) is 15.5. The van der Waals surface area contributed by atoms with Gasteiger partial charge in [-0.2, -0.15) is 0 Å². The number of ether oxygens (including phenoxy) is 1. The van der Waals surface area contributed by atoms with Crippen molar-refractivity contribution in [2.24, 2.45) is 7.05 Å². The zero-order valence-corrected chi connectivity index (χ0v) is 12.8. The van der Waals surface area contributed by atoms with Crippen molar-refractivity contribution in [3.8, 4) is 6.01 Å². The summed E-state index contributed by atoms with van der Waals surface area (Å²) >= 11 is 5.74. The predicted molar refractivity (Wildman–Crippen MR) is 77.6 cm³/mol. The maximum Gasteiger partial charge on any atom is 0.316 e. The number of carbonyl (C=O) groups is 1. The molecule has 3 heterocycles. The first-order chi connectivity index (χ1) is 10.6. The van der Waals surface area contributed by atoms with Gasteiger partial charge in [0.25, 0.3) is 5.91 Å². The minimum absolute atomic E-state index is 0.140. The lowest BCUT2D eigenvalue weighted by atomic mass is 10.1. The number of nitrogens with zero attached hydrogens (tertiary/aromatic N) is 6. The minimum Gasteiger partial charge on any atom is -0.458 e. The van der Waals surface area contributed by atoms with Gasteiger partial charge in [0, 0.05) is 13.6 Å². The second-order valence-corrected chi connectivity index (χ2v) is 5.53. The maximum absolute atomic E-state index is 12.4. The maximum atomic E-state index is 12.4. The van der Waals surface area contributed by atoms with Crippen molar-refractivity contribution < 1.29 is 9.53 Å². The van der Waals surface area contributed by atoms with Crippen molar-refractivity contribution in [2.75, 3.05) is 13.1 Å². The largest absolute Gasteiger partial charge is 0.458 e. The second kappa shape index (κ2) is 6.27. The third-order valence-corrected chi connectivity index (χ3v) is 3.55. The standard InChI is InChI=1S/C13H15ClN6O2/c1-19-8-11(17-18-19)12(21)20-4-2-3-10(7-20)22-13-15-5-9(14)6-16-13/h5-6,8,10H,2-4,7H2,1H3. The number of aromatic nitrogens is 5. The molecule has 0 saturated carbocycles. The summed E-state index contributed by atoms with van der Waals surface area (Å²) in [6.07, 6.45) is 6.12. The van der Waals surface area contributed by atoms with Gasteiger partial charge in [-0.3, -0.25) is 9.48 Å². The quantitative estimate of drug-likeness (QED) is 0.836. The third-order valence-electron chi connectivity index (χ3n) is 3.36. The average molecular weight is 323 g/mol. The molecule has 116 valence electrons. The Labute approximate surface area is 132 Å². The summed E-state index contributed by atoms with van der Waals surface area (Å²) in [7, 11) is 1.73. The van der Waals surface area contributed by atoms with Gasteiger partial charge in [0.2, 0.25) is 0 Å². The monoisotopic (exact) mass is 322 g/mol. The SMILES string of the molecule is Cn1cc(C(=O)N2CCCC(Oc3ncc(Cl)cn3)C2)nn1. The van der Waals surface area contributed by atoms with Crippen LogP contribution in [0.1, 0.15) is 23.3 Å². The molecule has 8 nitrogen and oxygen atoms in total. The normalized spacial score (nSPS) is 18.3. The van der Waals surface area contributed by atoms with E-state index in [0.29, 0.717) is 23.8 Å². The molecule has 1 aliphatic rings. The van der Waals surface area contributed by atoms with E-state index < -0.39 is 0 Å². The van der Waals surface area contributed by atoms with E-state index in [1.165, 1.54) is 17.1 Å². The summed E-state index contributed by atoms with van der Waals surface area (Å²) in [5, 5.41) is 8.09. The van der Waals surface area contributed by atoms with Crippen molar-refractivity contribution in [3.63, 3.8) is 0 Å². The number of likely N-dealkylation sites (tertiary alicyclic amines) is 1. The van der Waals surface area contributed by atoms with E-state index in [1.807, 2.05) is 0 Å². The highest BCUT2D eigenvalue weighted by Gasteiger charge is 2.27. The van der Waals surface area contributed by atoms with Crippen LogP contribution in [-0.2, 0) is 7.05 Å². The Balaban J connectivity index is 1.63. The number of piperidine rings is 1. The van der Waals surface area contributed by atoms with Crippen LogP contribution in [0.5, 0.6) is 6.01 Å². The van der Waals surface area contributed by atoms with E-state index in [2.05, 4.69) is 20.3 Å². The number of rotatable bonds is 3. The molecule has 1 saturated heterocycles. The summed E-state index contributed by atoms with van der Waals surface area (Å²) in [4.78, 5) is 22.1. The Morgan fingerprint density at radius 1 is 1.41 bits per heavy atom. The molecule has 1 atom stereocenters. The number of hydrogen-bond acceptors (Lipinski definition) is 6. The molecule has 3 rings (SSSR count). The van der Waals surface area contributed by atoms with E-state index in [4.69, 9.17) is 16.3 Å².